The van der Waals surface area contributed by atoms with Gasteiger partial charge in [-0.1, -0.05) is 6.42 Å². The van der Waals surface area contributed by atoms with Crippen molar-refractivity contribution in [2.24, 2.45) is 0 Å². The largest absolute Gasteiger partial charge is 0.370 e. The Morgan fingerprint density at radius 3 is 3.16 bits per heavy atom. The molecule has 1 fully saturated rings. The lowest BCUT2D eigenvalue weighted by atomic mass is 10.2. The third-order valence-electron chi connectivity index (χ3n) is 3.16. The summed E-state index contributed by atoms with van der Waals surface area (Å²) in [5, 5.41) is 6.71. The molecule has 1 aliphatic rings. The first-order valence-corrected chi connectivity index (χ1v) is 7.95. The number of hydrogen-bond acceptors (Lipinski definition) is 4. The molecule has 5 heteroatoms. The smallest absolute Gasteiger partial charge is 0.255 e. The maximum Gasteiger partial charge on any atom is 0.255 e. The highest BCUT2D eigenvalue weighted by Crippen LogP contribution is 2.24. The van der Waals surface area contributed by atoms with E-state index in [9.17, 15) is 4.79 Å². The number of pyridine rings is 1. The van der Waals surface area contributed by atoms with Crippen molar-refractivity contribution in [2.45, 2.75) is 31.4 Å². The van der Waals surface area contributed by atoms with Crippen LogP contribution in [-0.2, 0) is 0 Å². The number of nitrogens with zero attached hydrogens (tertiary/aromatic N) is 1. The lowest BCUT2D eigenvalue weighted by Crippen LogP contribution is -2.32. The van der Waals surface area contributed by atoms with E-state index in [-0.39, 0.29) is 5.91 Å². The molecule has 2 rings (SSSR count). The number of carbonyl (C=O) groups excluding carboxylic acids is 1. The molecule has 1 atom stereocenters. The Morgan fingerprint density at radius 1 is 1.53 bits per heavy atom. The van der Waals surface area contributed by atoms with Gasteiger partial charge in [-0.15, -0.1) is 0 Å². The lowest BCUT2D eigenvalue weighted by Gasteiger charge is -2.21. The Morgan fingerprint density at radius 2 is 2.42 bits per heavy atom. The zero-order valence-electron chi connectivity index (χ0n) is 11.3. The van der Waals surface area contributed by atoms with E-state index in [1.807, 2.05) is 24.8 Å². The fourth-order valence-corrected chi connectivity index (χ4v) is 3.41. The topological polar surface area (TPSA) is 54.0 Å². The number of hydrogen-bond donors (Lipinski definition) is 2. The summed E-state index contributed by atoms with van der Waals surface area (Å²) in [6.45, 7) is 3.51. The van der Waals surface area contributed by atoms with Crippen LogP contribution in [0.1, 0.15) is 36.5 Å². The number of nitrogens with one attached hydrogen (secondary N) is 2. The predicted molar refractivity (Wildman–Crippen MR) is 80.8 cm³/mol. The monoisotopic (exact) mass is 279 g/mol. The summed E-state index contributed by atoms with van der Waals surface area (Å²) in [6.07, 6.45) is 5.50. The molecule has 1 aromatic rings. The second-order valence-corrected chi connectivity index (χ2v) is 6.04. The first-order chi connectivity index (χ1) is 9.31. The van der Waals surface area contributed by atoms with Crippen molar-refractivity contribution in [2.75, 3.05) is 24.2 Å². The molecule has 1 saturated heterocycles. The van der Waals surface area contributed by atoms with Gasteiger partial charge in [-0.05, 0) is 37.7 Å². The Balaban J connectivity index is 1.91. The average Bonchev–Trinajstić information content (AvgIpc) is 2.47. The molecule has 0 aromatic carbocycles. The van der Waals surface area contributed by atoms with Gasteiger partial charge in [-0.2, -0.15) is 11.8 Å². The van der Waals surface area contributed by atoms with Crippen molar-refractivity contribution in [1.29, 1.82) is 0 Å². The average molecular weight is 279 g/mol. The van der Waals surface area contributed by atoms with Crippen molar-refractivity contribution in [1.82, 2.24) is 10.3 Å². The lowest BCUT2D eigenvalue weighted by molar-refractivity contribution is 0.0954. The third-order valence-corrected chi connectivity index (χ3v) is 4.56. The van der Waals surface area contributed by atoms with Crippen LogP contribution in [0.2, 0.25) is 0 Å². The molecule has 1 aliphatic heterocycles. The maximum absolute atomic E-state index is 12.2. The van der Waals surface area contributed by atoms with Gasteiger partial charge in [-0.25, -0.2) is 4.98 Å². The summed E-state index contributed by atoms with van der Waals surface area (Å²) in [4.78, 5) is 16.4. The van der Waals surface area contributed by atoms with E-state index < -0.39 is 0 Å². The summed E-state index contributed by atoms with van der Waals surface area (Å²) < 4.78 is 0. The number of aromatic nitrogens is 1. The molecule has 0 bridgehead atoms. The van der Waals surface area contributed by atoms with Crippen LogP contribution < -0.4 is 10.6 Å². The van der Waals surface area contributed by atoms with Gasteiger partial charge in [0.05, 0.1) is 5.56 Å². The van der Waals surface area contributed by atoms with Crippen molar-refractivity contribution in [3.05, 3.63) is 23.9 Å². The van der Waals surface area contributed by atoms with Crippen molar-refractivity contribution in [3.8, 4) is 0 Å². The highest BCUT2D eigenvalue weighted by atomic mass is 32.2. The van der Waals surface area contributed by atoms with E-state index in [1.54, 1.807) is 12.3 Å². The number of carbonyl (C=O) groups is 1. The highest BCUT2D eigenvalue weighted by molar-refractivity contribution is 7.99. The standard InChI is InChI=1S/C14H21N3OS/c1-2-15-13-12(7-5-8-16-13)14(18)17-10-11-6-3-4-9-19-11/h5,7-8,11H,2-4,6,9-10H2,1H3,(H,15,16)(H,17,18). The minimum absolute atomic E-state index is 0.0322. The van der Waals surface area contributed by atoms with Crippen LogP contribution in [0.5, 0.6) is 0 Å². The van der Waals surface area contributed by atoms with Gasteiger partial charge in [0.1, 0.15) is 5.82 Å². The molecule has 2 heterocycles. The molecule has 19 heavy (non-hydrogen) atoms. The second kappa shape index (κ2) is 7.38. The molecular formula is C14H21N3OS. The number of thioether (sulfide) groups is 1. The Bertz CT molecular complexity index is 419. The van der Waals surface area contributed by atoms with E-state index in [1.165, 1.54) is 25.0 Å². The molecule has 0 aliphatic carbocycles. The molecule has 4 nitrogen and oxygen atoms in total. The predicted octanol–water partition coefficient (Wildman–Crippen LogP) is 2.53. The van der Waals surface area contributed by atoms with Gasteiger partial charge in [0.25, 0.3) is 5.91 Å². The van der Waals surface area contributed by atoms with E-state index in [0.29, 0.717) is 16.6 Å². The third kappa shape index (κ3) is 4.13. The van der Waals surface area contributed by atoms with Crippen LogP contribution in [0, 0.1) is 0 Å². The molecular weight excluding hydrogens is 258 g/mol. The fraction of sp³-hybridized carbons (Fsp3) is 0.571. The number of anilines is 1. The molecule has 0 saturated carbocycles. The van der Waals surface area contributed by atoms with Crippen LogP contribution in [0.25, 0.3) is 0 Å². The molecule has 2 N–H and O–H groups in total. The van der Waals surface area contributed by atoms with Gasteiger partial charge in [0.15, 0.2) is 0 Å². The molecule has 1 amide bonds. The van der Waals surface area contributed by atoms with Gasteiger partial charge in [0.2, 0.25) is 0 Å². The highest BCUT2D eigenvalue weighted by Gasteiger charge is 2.16. The first kappa shape index (κ1) is 14.2. The van der Waals surface area contributed by atoms with Crippen molar-refractivity contribution < 1.29 is 4.79 Å². The quantitative estimate of drug-likeness (QED) is 0.869. The number of rotatable bonds is 5. The molecule has 1 unspecified atom stereocenters. The summed E-state index contributed by atoms with van der Waals surface area (Å²) in [6, 6.07) is 3.61. The van der Waals surface area contributed by atoms with Gasteiger partial charge >= 0.3 is 0 Å². The zero-order valence-corrected chi connectivity index (χ0v) is 12.1. The normalized spacial score (nSPS) is 18.9. The van der Waals surface area contributed by atoms with Crippen molar-refractivity contribution in [3.63, 3.8) is 0 Å². The number of amides is 1. The van der Waals surface area contributed by atoms with Crippen LogP contribution in [-0.4, -0.2) is 35.0 Å². The van der Waals surface area contributed by atoms with E-state index >= 15 is 0 Å². The zero-order chi connectivity index (χ0) is 13.5. The summed E-state index contributed by atoms with van der Waals surface area (Å²) in [7, 11) is 0. The van der Waals surface area contributed by atoms with E-state index in [4.69, 9.17) is 0 Å². The Hall–Kier alpha value is -1.23. The maximum atomic E-state index is 12.2. The van der Waals surface area contributed by atoms with Crippen LogP contribution in [0.3, 0.4) is 0 Å². The molecule has 0 radical (unpaired) electrons. The van der Waals surface area contributed by atoms with Crippen molar-refractivity contribution >= 4 is 23.5 Å². The first-order valence-electron chi connectivity index (χ1n) is 6.90. The minimum Gasteiger partial charge on any atom is -0.370 e. The van der Waals surface area contributed by atoms with Gasteiger partial charge in [-0.3, -0.25) is 4.79 Å². The van der Waals surface area contributed by atoms with Gasteiger partial charge < -0.3 is 10.6 Å². The summed E-state index contributed by atoms with van der Waals surface area (Å²) >= 11 is 1.97. The second-order valence-electron chi connectivity index (χ2n) is 4.63. The van der Waals surface area contributed by atoms with Crippen LogP contribution in [0.15, 0.2) is 18.3 Å². The Labute approximate surface area is 118 Å². The Kier molecular flexibility index (Phi) is 5.51. The summed E-state index contributed by atoms with van der Waals surface area (Å²) in [5.74, 6) is 1.85. The van der Waals surface area contributed by atoms with E-state index in [0.717, 1.165) is 13.1 Å². The van der Waals surface area contributed by atoms with E-state index in [2.05, 4.69) is 15.6 Å². The SMILES string of the molecule is CCNc1ncccc1C(=O)NCC1CCCCS1. The minimum atomic E-state index is -0.0322. The molecule has 104 valence electrons. The molecule has 0 spiro atoms. The fourth-order valence-electron chi connectivity index (χ4n) is 2.17. The van der Waals surface area contributed by atoms with Gasteiger partial charge in [0, 0.05) is 24.5 Å². The van der Waals surface area contributed by atoms with Crippen LogP contribution in [0.4, 0.5) is 5.82 Å². The molecule has 1 aromatic heterocycles. The summed E-state index contributed by atoms with van der Waals surface area (Å²) in [5.41, 5.74) is 0.630. The van der Waals surface area contributed by atoms with Crippen LogP contribution >= 0.6 is 11.8 Å².